The monoisotopic (exact) mass is 301 g/mol. The van der Waals surface area contributed by atoms with Gasteiger partial charge in [0.15, 0.2) is 0 Å². The van der Waals surface area contributed by atoms with Gasteiger partial charge in [-0.1, -0.05) is 36.2 Å². The predicted molar refractivity (Wildman–Crippen MR) is 72.0 cm³/mol. The molecule has 19 heavy (non-hydrogen) atoms. The van der Waals surface area contributed by atoms with Gasteiger partial charge in [-0.05, 0) is 19.4 Å². The summed E-state index contributed by atoms with van der Waals surface area (Å²) in [6.45, 7) is 3.64. The molecule has 1 saturated heterocycles. The molecular formula is C12H13Cl2N3O2. The molecule has 2 heterocycles. The van der Waals surface area contributed by atoms with Crippen molar-refractivity contribution in [2.45, 2.75) is 32.4 Å². The Kier molecular flexibility index (Phi) is 3.69. The molecule has 1 aromatic rings. The second kappa shape index (κ2) is 4.98. The van der Waals surface area contributed by atoms with Gasteiger partial charge in [-0.3, -0.25) is 9.69 Å². The molecule has 0 aliphatic carbocycles. The summed E-state index contributed by atoms with van der Waals surface area (Å²) in [6.07, 6.45) is 0.528. The zero-order valence-corrected chi connectivity index (χ0v) is 12.0. The number of aromatic nitrogens is 1. The average molecular weight is 302 g/mol. The summed E-state index contributed by atoms with van der Waals surface area (Å²) in [4.78, 5) is 29.1. The summed E-state index contributed by atoms with van der Waals surface area (Å²) >= 11 is 11.6. The van der Waals surface area contributed by atoms with E-state index < -0.39 is 11.6 Å². The minimum Gasteiger partial charge on any atom is -0.323 e. The van der Waals surface area contributed by atoms with Crippen molar-refractivity contribution in [3.05, 3.63) is 28.0 Å². The molecule has 0 aromatic carbocycles. The van der Waals surface area contributed by atoms with E-state index in [1.807, 2.05) is 6.92 Å². The highest BCUT2D eigenvalue weighted by molar-refractivity contribution is 6.32. The summed E-state index contributed by atoms with van der Waals surface area (Å²) < 4.78 is 0. The zero-order chi connectivity index (χ0) is 14.2. The van der Waals surface area contributed by atoms with Gasteiger partial charge >= 0.3 is 6.03 Å². The molecule has 1 fully saturated rings. The molecule has 0 spiro atoms. The molecular weight excluding hydrogens is 289 g/mol. The maximum atomic E-state index is 12.2. The Balaban J connectivity index is 2.24. The molecule has 3 amide bonds. The standard InChI is InChI=1S/C12H13Cl2N3O2/c1-3-12(2)10(18)17(11(19)16-12)6-7-4-5-8(13)15-9(7)14/h4-5H,3,6H2,1-2H3,(H,16,19). The number of amides is 3. The molecule has 0 saturated carbocycles. The number of hydrogen-bond donors (Lipinski definition) is 1. The second-order valence-electron chi connectivity index (χ2n) is 4.59. The van der Waals surface area contributed by atoms with Crippen LogP contribution in [0.3, 0.4) is 0 Å². The van der Waals surface area contributed by atoms with E-state index in [4.69, 9.17) is 23.2 Å². The Hall–Kier alpha value is -1.33. The Bertz CT molecular complexity index is 550. The first kappa shape index (κ1) is 14.1. The lowest BCUT2D eigenvalue weighted by atomic mass is 9.99. The highest BCUT2D eigenvalue weighted by Crippen LogP contribution is 2.25. The van der Waals surface area contributed by atoms with Crippen LogP contribution in [0.25, 0.3) is 0 Å². The van der Waals surface area contributed by atoms with Crippen LogP contribution in [0.5, 0.6) is 0 Å². The van der Waals surface area contributed by atoms with Gasteiger partial charge < -0.3 is 5.32 Å². The largest absolute Gasteiger partial charge is 0.325 e. The van der Waals surface area contributed by atoms with Crippen LogP contribution in [-0.4, -0.2) is 27.4 Å². The van der Waals surface area contributed by atoms with Crippen molar-refractivity contribution in [2.24, 2.45) is 0 Å². The second-order valence-corrected chi connectivity index (χ2v) is 5.34. The summed E-state index contributed by atoms with van der Waals surface area (Å²) in [5, 5.41) is 3.14. The van der Waals surface area contributed by atoms with Crippen LogP contribution in [-0.2, 0) is 11.3 Å². The number of carbonyl (C=O) groups is 2. The molecule has 5 nitrogen and oxygen atoms in total. The third-order valence-corrected chi connectivity index (χ3v) is 3.81. The number of rotatable bonds is 3. The lowest BCUT2D eigenvalue weighted by Gasteiger charge is -2.19. The minimum atomic E-state index is -0.844. The lowest BCUT2D eigenvalue weighted by molar-refractivity contribution is -0.131. The van der Waals surface area contributed by atoms with Gasteiger partial charge in [-0.25, -0.2) is 9.78 Å². The lowest BCUT2D eigenvalue weighted by Crippen LogP contribution is -2.43. The van der Waals surface area contributed by atoms with E-state index in [9.17, 15) is 9.59 Å². The number of pyridine rings is 1. The molecule has 1 aliphatic rings. The number of imide groups is 1. The van der Waals surface area contributed by atoms with Crippen molar-refractivity contribution in [1.29, 1.82) is 0 Å². The Morgan fingerprint density at radius 1 is 1.37 bits per heavy atom. The van der Waals surface area contributed by atoms with Crippen LogP contribution in [0.15, 0.2) is 12.1 Å². The van der Waals surface area contributed by atoms with Crippen molar-refractivity contribution >= 4 is 35.1 Å². The van der Waals surface area contributed by atoms with E-state index in [0.717, 1.165) is 4.90 Å². The van der Waals surface area contributed by atoms with E-state index in [2.05, 4.69) is 10.3 Å². The number of hydrogen-bond acceptors (Lipinski definition) is 3. The van der Waals surface area contributed by atoms with Crippen molar-refractivity contribution in [3.63, 3.8) is 0 Å². The van der Waals surface area contributed by atoms with Gasteiger partial charge in [-0.15, -0.1) is 0 Å². The van der Waals surface area contributed by atoms with Gasteiger partial charge in [0.05, 0.1) is 6.54 Å². The topological polar surface area (TPSA) is 62.3 Å². The summed E-state index contributed by atoms with van der Waals surface area (Å²) in [7, 11) is 0. The molecule has 102 valence electrons. The Morgan fingerprint density at radius 3 is 2.58 bits per heavy atom. The summed E-state index contributed by atoms with van der Waals surface area (Å²) in [6, 6.07) is 2.81. The van der Waals surface area contributed by atoms with E-state index in [1.54, 1.807) is 19.1 Å². The molecule has 1 N–H and O–H groups in total. The summed E-state index contributed by atoms with van der Waals surface area (Å²) in [5.41, 5.74) is -0.265. The van der Waals surface area contributed by atoms with E-state index in [0.29, 0.717) is 12.0 Å². The van der Waals surface area contributed by atoms with Crippen molar-refractivity contribution in [3.8, 4) is 0 Å². The Labute approximate surface area is 120 Å². The van der Waals surface area contributed by atoms with Crippen molar-refractivity contribution < 1.29 is 9.59 Å². The number of carbonyl (C=O) groups excluding carboxylic acids is 2. The van der Waals surface area contributed by atoms with E-state index in [1.165, 1.54) is 0 Å². The van der Waals surface area contributed by atoms with Crippen molar-refractivity contribution in [1.82, 2.24) is 15.2 Å². The molecule has 1 atom stereocenters. The quantitative estimate of drug-likeness (QED) is 0.689. The smallest absolute Gasteiger partial charge is 0.323 e. The van der Waals surface area contributed by atoms with Crippen LogP contribution in [0.2, 0.25) is 10.3 Å². The minimum absolute atomic E-state index is 0.0866. The number of nitrogens with zero attached hydrogens (tertiary/aromatic N) is 2. The fourth-order valence-corrected chi connectivity index (χ4v) is 2.26. The SMILES string of the molecule is CCC1(C)NC(=O)N(Cc2ccc(Cl)nc2Cl)C1=O. The number of halogens is 2. The maximum Gasteiger partial charge on any atom is 0.325 e. The van der Waals surface area contributed by atoms with E-state index >= 15 is 0 Å². The highest BCUT2D eigenvalue weighted by atomic mass is 35.5. The fraction of sp³-hybridized carbons (Fsp3) is 0.417. The molecule has 2 rings (SSSR count). The first-order valence-corrected chi connectivity index (χ1v) is 6.58. The van der Waals surface area contributed by atoms with Gasteiger partial charge in [0, 0.05) is 5.56 Å². The third-order valence-electron chi connectivity index (χ3n) is 3.27. The first-order chi connectivity index (χ1) is 8.87. The normalized spacial score (nSPS) is 22.8. The molecule has 0 bridgehead atoms. The van der Waals surface area contributed by atoms with Crippen LogP contribution in [0.4, 0.5) is 4.79 Å². The molecule has 7 heteroatoms. The molecule has 1 unspecified atom stereocenters. The van der Waals surface area contributed by atoms with Crippen LogP contribution in [0, 0.1) is 0 Å². The van der Waals surface area contributed by atoms with Crippen LogP contribution >= 0.6 is 23.2 Å². The zero-order valence-electron chi connectivity index (χ0n) is 10.5. The fourth-order valence-electron chi connectivity index (χ4n) is 1.86. The van der Waals surface area contributed by atoms with Gasteiger partial charge in [0.1, 0.15) is 15.8 Å². The predicted octanol–water partition coefficient (Wildman–Crippen LogP) is 2.61. The average Bonchev–Trinajstić information content (AvgIpc) is 2.56. The molecule has 0 radical (unpaired) electrons. The number of nitrogens with one attached hydrogen (secondary N) is 1. The molecule has 1 aliphatic heterocycles. The van der Waals surface area contributed by atoms with Crippen molar-refractivity contribution in [2.75, 3.05) is 0 Å². The van der Waals surface area contributed by atoms with Crippen LogP contribution in [0.1, 0.15) is 25.8 Å². The van der Waals surface area contributed by atoms with Gasteiger partial charge in [0.25, 0.3) is 5.91 Å². The van der Waals surface area contributed by atoms with E-state index in [-0.39, 0.29) is 22.8 Å². The first-order valence-electron chi connectivity index (χ1n) is 5.82. The Morgan fingerprint density at radius 2 is 2.05 bits per heavy atom. The highest BCUT2D eigenvalue weighted by Gasteiger charge is 2.46. The van der Waals surface area contributed by atoms with Gasteiger partial charge in [0.2, 0.25) is 0 Å². The molecule has 1 aromatic heterocycles. The van der Waals surface area contributed by atoms with Crippen LogP contribution < -0.4 is 5.32 Å². The maximum absolute atomic E-state index is 12.2. The van der Waals surface area contributed by atoms with Gasteiger partial charge in [-0.2, -0.15) is 0 Å². The summed E-state index contributed by atoms with van der Waals surface area (Å²) in [5.74, 6) is -0.258. The third kappa shape index (κ3) is 2.53. The number of urea groups is 1.